The zero-order valence-electron chi connectivity index (χ0n) is 23.2. The van der Waals surface area contributed by atoms with E-state index in [1.807, 2.05) is 0 Å². The minimum Gasteiger partial charge on any atom is -0.469 e. The summed E-state index contributed by atoms with van der Waals surface area (Å²) in [7, 11) is 0. The maximum Gasteiger partial charge on any atom is 0.321 e. The third-order valence-corrected chi connectivity index (χ3v) is 10.9. The van der Waals surface area contributed by atoms with Crippen molar-refractivity contribution in [2.45, 2.75) is 74.8 Å². The number of nitriles is 1. The van der Waals surface area contributed by atoms with Crippen molar-refractivity contribution in [3.05, 3.63) is 34.6 Å². The number of nitrogens with zero attached hydrogens (tertiary/aromatic N) is 5. The summed E-state index contributed by atoms with van der Waals surface area (Å²) in [5.41, 5.74) is 7.73. The number of hydrogen-bond donors (Lipinski definition) is 2. The Labute approximate surface area is 246 Å². The number of thiophene rings is 1. The van der Waals surface area contributed by atoms with Crippen LogP contribution in [-0.4, -0.2) is 71.4 Å². The molecule has 4 fully saturated rings. The molecule has 3 N–H and O–H groups in total. The summed E-state index contributed by atoms with van der Waals surface area (Å²) in [6.07, 6.45) is 4.69. The Morgan fingerprint density at radius 2 is 2.05 bits per heavy atom. The molecule has 4 saturated heterocycles. The maximum absolute atomic E-state index is 14.7. The van der Waals surface area contributed by atoms with Crippen LogP contribution in [0.15, 0.2) is 12.1 Å². The van der Waals surface area contributed by atoms with Crippen molar-refractivity contribution >= 4 is 32.2 Å². The number of aromatic nitrogens is 2. The van der Waals surface area contributed by atoms with Gasteiger partial charge in [0.1, 0.15) is 41.6 Å². The summed E-state index contributed by atoms with van der Waals surface area (Å²) in [5, 5.41) is 14.3. The van der Waals surface area contributed by atoms with Gasteiger partial charge in [-0.05, 0) is 51.1 Å². The Kier molecular flexibility index (Phi) is 6.21. The van der Waals surface area contributed by atoms with E-state index in [9.17, 15) is 14.0 Å². The Hall–Kier alpha value is -3.27. The first kappa shape index (κ1) is 26.4. The molecule has 5 atom stereocenters. The second-order valence-electron chi connectivity index (χ2n) is 12.5. The lowest BCUT2D eigenvalue weighted by atomic mass is 9.94. The van der Waals surface area contributed by atoms with Crippen LogP contribution in [0, 0.1) is 17.1 Å². The van der Waals surface area contributed by atoms with Crippen LogP contribution < -0.4 is 25.4 Å². The maximum atomic E-state index is 14.7. The highest BCUT2D eigenvalue weighted by Crippen LogP contribution is 2.45. The molecule has 1 aromatic carbocycles. The van der Waals surface area contributed by atoms with Crippen LogP contribution in [0.4, 0.5) is 19.6 Å². The summed E-state index contributed by atoms with van der Waals surface area (Å²) < 4.78 is 42.4. The van der Waals surface area contributed by atoms with Gasteiger partial charge in [-0.1, -0.05) is 6.07 Å². The number of nitrogen functional groups attached to an aromatic ring is 1. The molecule has 7 heterocycles. The standard InChI is InChI=1S/C30H33F2N7O2S/c31-16-10-30(8-1-9-39(30)12-16)15-40-29-36-27(38-13-17-2-3-18(14-38)35-17)20-5-7-23(41-28(20)37-29)19-4-6-22(32)25-24(19)21(11-33)26(34)42-25/h4,6,16-18,23,35H,1-3,5,7-10,12-15,34H2/t16-,17-,18+,23?,30+/m1/s1. The lowest BCUT2D eigenvalue weighted by molar-refractivity contribution is 0.104. The Morgan fingerprint density at radius 1 is 1.21 bits per heavy atom. The van der Waals surface area contributed by atoms with E-state index in [2.05, 4.69) is 21.2 Å². The molecule has 220 valence electrons. The lowest BCUT2D eigenvalue weighted by Crippen LogP contribution is -2.51. The highest BCUT2D eigenvalue weighted by molar-refractivity contribution is 7.23. The molecule has 0 aliphatic carbocycles. The van der Waals surface area contributed by atoms with Crippen molar-refractivity contribution < 1.29 is 18.3 Å². The zero-order valence-corrected chi connectivity index (χ0v) is 24.1. The van der Waals surface area contributed by atoms with Gasteiger partial charge in [-0.2, -0.15) is 15.2 Å². The van der Waals surface area contributed by atoms with Crippen LogP contribution in [-0.2, 0) is 6.42 Å². The molecule has 1 unspecified atom stereocenters. The van der Waals surface area contributed by atoms with Crippen LogP contribution >= 0.6 is 11.3 Å². The van der Waals surface area contributed by atoms with Crippen molar-refractivity contribution in [1.82, 2.24) is 20.2 Å². The second kappa shape index (κ2) is 9.89. The Bertz CT molecular complexity index is 1600. The molecule has 8 rings (SSSR count). The van der Waals surface area contributed by atoms with E-state index in [4.69, 9.17) is 25.2 Å². The summed E-state index contributed by atoms with van der Waals surface area (Å²) in [5.74, 6) is 0.885. The number of piperazine rings is 1. The first-order chi connectivity index (χ1) is 20.4. The Morgan fingerprint density at radius 3 is 2.86 bits per heavy atom. The topological polar surface area (TPSA) is 113 Å². The van der Waals surface area contributed by atoms with E-state index in [1.165, 1.54) is 6.07 Å². The first-order valence-electron chi connectivity index (χ1n) is 14.9. The number of benzene rings is 1. The zero-order chi connectivity index (χ0) is 28.6. The van der Waals surface area contributed by atoms with Crippen LogP contribution in [0.25, 0.3) is 10.1 Å². The number of ether oxygens (including phenoxy) is 2. The predicted octanol–water partition coefficient (Wildman–Crippen LogP) is 4.25. The molecule has 0 radical (unpaired) electrons. The van der Waals surface area contributed by atoms with E-state index in [1.54, 1.807) is 6.07 Å². The molecule has 0 amide bonds. The third kappa shape index (κ3) is 4.19. The largest absolute Gasteiger partial charge is 0.469 e. The minimum atomic E-state index is -0.841. The van der Waals surface area contributed by atoms with Crippen LogP contribution in [0.3, 0.4) is 0 Å². The van der Waals surface area contributed by atoms with Crippen molar-refractivity contribution in [1.29, 1.82) is 5.26 Å². The molecule has 12 heteroatoms. The van der Waals surface area contributed by atoms with Gasteiger partial charge in [0, 0.05) is 49.1 Å². The van der Waals surface area contributed by atoms with Gasteiger partial charge in [0.15, 0.2) is 0 Å². The van der Waals surface area contributed by atoms with Gasteiger partial charge in [-0.15, -0.1) is 11.3 Å². The molecular formula is C30H33F2N7O2S. The van der Waals surface area contributed by atoms with Crippen LogP contribution in [0.5, 0.6) is 11.9 Å². The molecule has 9 nitrogen and oxygen atoms in total. The van der Waals surface area contributed by atoms with Crippen LogP contribution in [0.1, 0.15) is 61.3 Å². The van der Waals surface area contributed by atoms with E-state index in [-0.39, 0.29) is 17.1 Å². The molecule has 0 saturated carbocycles. The van der Waals surface area contributed by atoms with E-state index >= 15 is 0 Å². The van der Waals surface area contributed by atoms with Gasteiger partial charge in [-0.3, -0.25) is 4.90 Å². The number of fused-ring (bicyclic) bond motifs is 5. The molecule has 3 aromatic rings. The molecular weight excluding hydrogens is 560 g/mol. The normalized spacial score (nSPS) is 30.3. The number of nitrogens with one attached hydrogen (secondary N) is 1. The highest BCUT2D eigenvalue weighted by Gasteiger charge is 2.49. The number of nitrogens with two attached hydrogens (primary N) is 1. The summed E-state index contributed by atoms with van der Waals surface area (Å²) in [6.45, 7) is 3.38. The molecule has 2 aromatic heterocycles. The van der Waals surface area contributed by atoms with E-state index < -0.39 is 18.1 Å². The molecule has 42 heavy (non-hydrogen) atoms. The summed E-state index contributed by atoms with van der Waals surface area (Å²) >= 11 is 1.09. The van der Waals surface area contributed by atoms with E-state index in [0.717, 1.165) is 73.6 Å². The van der Waals surface area contributed by atoms with Crippen molar-refractivity contribution in [2.24, 2.45) is 0 Å². The smallest absolute Gasteiger partial charge is 0.321 e. The SMILES string of the molecule is N#Cc1c(N)sc2c(F)ccc(C3CCc4c(nc(OC[C@@]56CCCN5C[C@H](F)C6)nc4N4C[C@H]5CC[C@@H](C4)N5)O3)c12. The number of alkyl halides is 1. The molecule has 5 aliphatic heterocycles. The minimum absolute atomic E-state index is 0.237. The molecule has 0 spiro atoms. The average molecular weight is 594 g/mol. The van der Waals surface area contributed by atoms with Gasteiger partial charge in [0.2, 0.25) is 5.88 Å². The number of rotatable bonds is 5. The van der Waals surface area contributed by atoms with Gasteiger partial charge < -0.3 is 25.4 Å². The van der Waals surface area contributed by atoms with Gasteiger partial charge >= 0.3 is 6.01 Å². The van der Waals surface area contributed by atoms with Gasteiger partial charge in [-0.25, -0.2) is 8.78 Å². The summed E-state index contributed by atoms with van der Waals surface area (Å²) in [4.78, 5) is 14.3. The third-order valence-electron chi connectivity index (χ3n) is 9.89. The fourth-order valence-corrected chi connectivity index (χ4v) is 8.93. The van der Waals surface area contributed by atoms with Crippen molar-refractivity contribution in [2.75, 3.05) is 43.4 Å². The fourth-order valence-electron chi connectivity index (χ4n) is 7.97. The second-order valence-corrected chi connectivity index (χ2v) is 13.5. The lowest BCUT2D eigenvalue weighted by Gasteiger charge is -2.36. The molecule has 2 bridgehead atoms. The number of anilines is 2. The van der Waals surface area contributed by atoms with Gasteiger partial charge in [0.05, 0.1) is 21.4 Å². The predicted molar refractivity (Wildman–Crippen MR) is 155 cm³/mol. The van der Waals surface area contributed by atoms with Crippen molar-refractivity contribution in [3.63, 3.8) is 0 Å². The number of hydrogen-bond acceptors (Lipinski definition) is 10. The van der Waals surface area contributed by atoms with Crippen molar-refractivity contribution in [3.8, 4) is 18.0 Å². The quantitative estimate of drug-likeness (QED) is 0.449. The monoisotopic (exact) mass is 593 g/mol. The Balaban J connectivity index is 1.15. The van der Waals surface area contributed by atoms with E-state index in [0.29, 0.717) is 65.5 Å². The number of halogens is 2. The highest BCUT2D eigenvalue weighted by atomic mass is 32.1. The first-order valence-corrected chi connectivity index (χ1v) is 15.7. The molecule has 5 aliphatic rings. The fraction of sp³-hybridized carbons (Fsp3) is 0.567. The average Bonchev–Trinajstić information content (AvgIpc) is 3.71. The summed E-state index contributed by atoms with van der Waals surface area (Å²) in [6, 6.07) is 6.34. The van der Waals surface area contributed by atoms with Gasteiger partial charge in [0.25, 0.3) is 0 Å². The van der Waals surface area contributed by atoms with Crippen LogP contribution in [0.2, 0.25) is 0 Å².